The van der Waals surface area contributed by atoms with Crippen molar-refractivity contribution in [1.82, 2.24) is 19.7 Å². The maximum atomic E-state index is 5.26. The van der Waals surface area contributed by atoms with Crippen LogP contribution in [0.5, 0.6) is 5.75 Å². The molecule has 1 atom stereocenters. The molecular formula is C20H32IN5O. The van der Waals surface area contributed by atoms with Gasteiger partial charge in [0.05, 0.1) is 19.7 Å². The SMILES string of the molecule is CN=C(NCC(c1ccc(OC)cc1)N(C)C)N(C)Cc1cccn1C.I. The van der Waals surface area contributed by atoms with E-state index in [4.69, 9.17) is 4.74 Å². The Balaban J connectivity index is 0.00000364. The quantitative estimate of drug-likeness (QED) is 0.372. The van der Waals surface area contributed by atoms with E-state index in [-0.39, 0.29) is 30.0 Å². The van der Waals surface area contributed by atoms with Crippen LogP contribution in [-0.2, 0) is 13.6 Å². The molecular weight excluding hydrogens is 453 g/mol. The minimum absolute atomic E-state index is 0. The van der Waals surface area contributed by atoms with E-state index in [9.17, 15) is 0 Å². The lowest BCUT2D eigenvalue weighted by Gasteiger charge is -2.28. The largest absolute Gasteiger partial charge is 0.497 e. The predicted octanol–water partition coefficient (Wildman–Crippen LogP) is 2.96. The maximum absolute atomic E-state index is 5.26. The fourth-order valence-electron chi connectivity index (χ4n) is 2.98. The minimum atomic E-state index is 0. The van der Waals surface area contributed by atoms with Crippen LogP contribution in [0.3, 0.4) is 0 Å². The van der Waals surface area contributed by atoms with Crippen molar-refractivity contribution < 1.29 is 4.74 Å². The summed E-state index contributed by atoms with van der Waals surface area (Å²) in [5, 5.41) is 3.50. The lowest BCUT2D eigenvalue weighted by molar-refractivity contribution is 0.295. The zero-order chi connectivity index (χ0) is 19.1. The molecule has 0 aliphatic rings. The number of nitrogens with one attached hydrogen (secondary N) is 1. The number of nitrogens with zero attached hydrogens (tertiary/aromatic N) is 4. The van der Waals surface area contributed by atoms with Gasteiger partial charge in [0.15, 0.2) is 5.96 Å². The Hall–Kier alpha value is -1.74. The minimum Gasteiger partial charge on any atom is -0.497 e. The van der Waals surface area contributed by atoms with E-state index in [1.165, 1.54) is 11.3 Å². The van der Waals surface area contributed by atoms with Crippen molar-refractivity contribution in [3.63, 3.8) is 0 Å². The average Bonchev–Trinajstić information content (AvgIpc) is 3.03. The topological polar surface area (TPSA) is 45.0 Å². The van der Waals surface area contributed by atoms with Crippen molar-refractivity contribution in [3.8, 4) is 5.75 Å². The average molecular weight is 485 g/mol. The number of methoxy groups -OCH3 is 1. The molecule has 6 nitrogen and oxygen atoms in total. The summed E-state index contributed by atoms with van der Waals surface area (Å²) in [6.07, 6.45) is 2.06. The van der Waals surface area contributed by atoms with Gasteiger partial charge in [-0.05, 0) is 43.9 Å². The Morgan fingerprint density at radius 3 is 2.33 bits per heavy atom. The number of aryl methyl sites for hydroxylation is 1. The predicted molar refractivity (Wildman–Crippen MR) is 123 cm³/mol. The summed E-state index contributed by atoms with van der Waals surface area (Å²) < 4.78 is 7.39. The second kappa shape index (κ2) is 11.2. The Bertz CT molecular complexity index is 711. The van der Waals surface area contributed by atoms with E-state index in [0.717, 1.165) is 24.8 Å². The van der Waals surface area contributed by atoms with Crippen LogP contribution >= 0.6 is 24.0 Å². The van der Waals surface area contributed by atoms with Crippen LogP contribution in [0.4, 0.5) is 0 Å². The highest BCUT2D eigenvalue weighted by Crippen LogP contribution is 2.20. The van der Waals surface area contributed by atoms with Crippen LogP contribution in [0.25, 0.3) is 0 Å². The maximum Gasteiger partial charge on any atom is 0.193 e. The molecule has 7 heteroatoms. The van der Waals surface area contributed by atoms with E-state index < -0.39 is 0 Å². The molecule has 1 heterocycles. The van der Waals surface area contributed by atoms with Crippen molar-refractivity contribution in [2.24, 2.45) is 12.0 Å². The number of likely N-dealkylation sites (N-methyl/N-ethyl adjacent to an activating group) is 1. The van der Waals surface area contributed by atoms with Gasteiger partial charge in [-0.2, -0.15) is 0 Å². The molecule has 1 N–H and O–H groups in total. The summed E-state index contributed by atoms with van der Waals surface area (Å²) in [6.45, 7) is 1.57. The summed E-state index contributed by atoms with van der Waals surface area (Å²) in [6, 6.07) is 12.7. The van der Waals surface area contributed by atoms with Crippen molar-refractivity contribution in [1.29, 1.82) is 0 Å². The van der Waals surface area contributed by atoms with E-state index >= 15 is 0 Å². The van der Waals surface area contributed by atoms with Crippen LogP contribution in [0.15, 0.2) is 47.6 Å². The van der Waals surface area contributed by atoms with Crippen molar-refractivity contribution in [3.05, 3.63) is 53.9 Å². The van der Waals surface area contributed by atoms with Gasteiger partial charge in [0, 0.05) is 39.6 Å². The molecule has 1 aromatic heterocycles. The normalized spacial score (nSPS) is 12.5. The highest BCUT2D eigenvalue weighted by Gasteiger charge is 2.16. The molecule has 0 saturated heterocycles. The van der Waals surface area contributed by atoms with Crippen LogP contribution in [-0.4, -0.2) is 62.2 Å². The van der Waals surface area contributed by atoms with Gasteiger partial charge in [-0.15, -0.1) is 24.0 Å². The first-order valence-corrected chi connectivity index (χ1v) is 8.78. The Kier molecular flexibility index (Phi) is 9.65. The first kappa shape index (κ1) is 23.3. The number of ether oxygens (including phenoxy) is 1. The molecule has 1 aromatic carbocycles. The first-order valence-electron chi connectivity index (χ1n) is 8.78. The number of guanidine groups is 1. The van der Waals surface area contributed by atoms with Gasteiger partial charge in [-0.25, -0.2) is 0 Å². The molecule has 2 aromatic rings. The highest BCUT2D eigenvalue weighted by atomic mass is 127. The van der Waals surface area contributed by atoms with Gasteiger partial charge in [0.25, 0.3) is 0 Å². The van der Waals surface area contributed by atoms with Gasteiger partial charge < -0.3 is 24.4 Å². The van der Waals surface area contributed by atoms with Crippen molar-refractivity contribution >= 4 is 29.9 Å². The van der Waals surface area contributed by atoms with Crippen molar-refractivity contribution in [2.75, 3.05) is 41.8 Å². The second-order valence-electron chi connectivity index (χ2n) is 6.65. The Morgan fingerprint density at radius 2 is 1.85 bits per heavy atom. The molecule has 0 aliphatic carbocycles. The van der Waals surface area contributed by atoms with E-state index in [2.05, 4.69) is 83.3 Å². The van der Waals surface area contributed by atoms with E-state index in [0.29, 0.717) is 0 Å². The van der Waals surface area contributed by atoms with Crippen LogP contribution in [0.1, 0.15) is 17.3 Å². The smallest absolute Gasteiger partial charge is 0.193 e. The summed E-state index contributed by atoms with van der Waals surface area (Å²) in [7, 11) is 11.8. The number of rotatable bonds is 7. The van der Waals surface area contributed by atoms with Crippen molar-refractivity contribution in [2.45, 2.75) is 12.6 Å². The summed E-state index contributed by atoms with van der Waals surface area (Å²) in [5.41, 5.74) is 2.48. The molecule has 0 radical (unpaired) electrons. The second-order valence-corrected chi connectivity index (χ2v) is 6.65. The Morgan fingerprint density at radius 1 is 1.19 bits per heavy atom. The monoisotopic (exact) mass is 485 g/mol. The zero-order valence-electron chi connectivity index (χ0n) is 17.1. The molecule has 27 heavy (non-hydrogen) atoms. The molecule has 0 aliphatic heterocycles. The molecule has 1 unspecified atom stereocenters. The Labute approximate surface area is 180 Å². The molecule has 0 bridgehead atoms. The number of aliphatic imine (C=N–C) groups is 1. The molecule has 0 spiro atoms. The number of benzene rings is 1. The lowest BCUT2D eigenvalue weighted by Crippen LogP contribution is -2.42. The molecule has 0 saturated carbocycles. The van der Waals surface area contributed by atoms with Gasteiger partial charge in [0.2, 0.25) is 0 Å². The molecule has 0 fully saturated rings. The number of hydrogen-bond acceptors (Lipinski definition) is 3. The summed E-state index contributed by atoms with van der Waals surface area (Å²) in [4.78, 5) is 8.78. The third-order valence-electron chi connectivity index (χ3n) is 4.60. The lowest BCUT2D eigenvalue weighted by atomic mass is 10.1. The highest BCUT2D eigenvalue weighted by molar-refractivity contribution is 14.0. The zero-order valence-corrected chi connectivity index (χ0v) is 19.5. The summed E-state index contributed by atoms with van der Waals surface area (Å²) in [5.74, 6) is 1.75. The van der Waals surface area contributed by atoms with Gasteiger partial charge in [0.1, 0.15) is 5.75 Å². The van der Waals surface area contributed by atoms with Crippen LogP contribution in [0.2, 0.25) is 0 Å². The third-order valence-corrected chi connectivity index (χ3v) is 4.60. The molecule has 0 amide bonds. The number of aromatic nitrogens is 1. The fourth-order valence-corrected chi connectivity index (χ4v) is 2.98. The first-order chi connectivity index (χ1) is 12.5. The number of hydrogen-bond donors (Lipinski definition) is 1. The summed E-state index contributed by atoms with van der Waals surface area (Å²) >= 11 is 0. The number of halogens is 1. The molecule has 2 rings (SSSR count). The standard InChI is InChI=1S/C20H31N5O.HI/c1-21-20(25(5)15-17-8-7-13-24(17)4)22-14-19(23(2)3)16-9-11-18(26-6)12-10-16;/h7-13,19H,14-15H2,1-6H3,(H,21,22);1H. The van der Waals surface area contributed by atoms with Gasteiger partial charge in [-0.1, -0.05) is 12.1 Å². The van der Waals surface area contributed by atoms with Crippen LogP contribution in [0, 0.1) is 0 Å². The van der Waals surface area contributed by atoms with Gasteiger partial charge in [-0.3, -0.25) is 4.99 Å². The van der Waals surface area contributed by atoms with Gasteiger partial charge >= 0.3 is 0 Å². The van der Waals surface area contributed by atoms with E-state index in [1.807, 2.05) is 19.2 Å². The van der Waals surface area contributed by atoms with Crippen LogP contribution < -0.4 is 10.1 Å². The van der Waals surface area contributed by atoms with E-state index in [1.54, 1.807) is 7.11 Å². The molecule has 150 valence electrons. The third kappa shape index (κ3) is 6.42. The fraction of sp³-hybridized carbons (Fsp3) is 0.450.